The number of nitrogens with zero attached hydrogens (tertiary/aromatic N) is 1. The summed E-state index contributed by atoms with van der Waals surface area (Å²) in [5.74, 6) is -4.55. The van der Waals surface area contributed by atoms with Gasteiger partial charge in [0.15, 0.2) is 5.96 Å². The molecule has 4 amide bonds. The van der Waals surface area contributed by atoms with Crippen molar-refractivity contribution in [3.8, 4) is 5.75 Å². The Morgan fingerprint density at radius 1 is 0.783 bits per heavy atom. The van der Waals surface area contributed by atoms with Crippen molar-refractivity contribution < 1.29 is 39.3 Å². The van der Waals surface area contributed by atoms with Gasteiger partial charge in [-0.2, -0.15) is 0 Å². The molecular formula is C29H41ClN8O8. The van der Waals surface area contributed by atoms with Crippen LogP contribution in [0.1, 0.15) is 24.0 Å². The fraction of sp³-hybridized carbons (Fsp3) is 0.379. The zero-order valence-electron chi connectivity index (χ0n) is 24.9. The van der Waals surface area contributed by atoms with Gasteiger partial charge in [0.05, 0.1) is 19.2 Å². The molecule has 0 aliphatic heterocycles. The number of hydrogen-bond donors (Lipinski definition) is 10. The summed E-state index contributed by atoms with van der Waals surface area (Å²) in [5.41, 5.74) is 18.0. The second-order valence-electron chi connectivity index (χ2n) is 10.1. The number of carbonyl (C=O) groups is 5. The number of aromatic hydroxyl groups is 1. The highest BCUT2D eigenvalue weighted by atomic mass is 35.5. The largest absolute Gasteiger partial charge is 0.508 e. The second-order valence-corrected chi connectivity index (χ2v) is 10.1. The van der Waals surface area contributed by atoms with Crippen molar-refractivity contribution in [3.63, 3.8) is 0 Å². The second kappa shape index (κ2) is 20.2. The van der Waals surface area contributed by atoms with Crippen molar-refractivity contribution in [2.24, 2.45) is 22.2 Å². The van der Waals surface area contributed by atoms with Gasteiger partial charge in [-0.3, -0.25) is 24.2 Å². The summed E-state index contributed by atoms with van der Waals surface area (Å²) in [6.45, 7) is -1.25. The summed E-state index contributed by atoms with van der Waals surface area (Å²) < 4.78 is 0. The van der Waals surface area contributed by atoms with E-state index in [0.717, 1.165) is 0 Å². The molecule has 0 spiro atoms. The molecule has 16 nitrogen and oxygen atoms in total. The molecule has 46 heavy (non-hydrogen) atoms. The van der Waals surface area contributed by atoms with Crippen LogP contribution in [0.15, 0.2) is 59.6 Å². The van der Waals surface area contributed by atoms with E-state index >= 15 is 0 Å². The summed E-state index contributed by atoms with van der Waals surface area (Å²) in [5, 5.41) is 37.7. The van der Waals surface area contributed by atoms with E-state index in [-0.39, 0.29) is 56.3 Å². The van der Waals surface area contributed by atoms with Crippen LogP contribution in [0.2, 0.25) is 0 Å². The Kier molecular flexibility index (Phi) is 17.1. The SMILES string of the molecule is Cl.NC(N)=NCCC[C@H](NC(=O)CNC(=O)[C@@H](N)Cc1ccc(O)cc1)C(=O)N[C@@H](Cc1ccccc1)C(=O)N[C@@H](CO)C(=O)O. The van der Waals surface area contributed by atoms with E-state index < -0.39 is 66.9 Å². The molecule has 0 aliphatic rings. The molecule has 0 fully saturated rings. The van der Waals surface area contributed by atoms with Crippen LogP contribution < -0.4 is 38.5 Å². The third kappa shape index (κ3) is 14.2. The van der Waals surface area contributed by atoms with Crippen molar-refractivity contribution in [1.29, 1.82) is 0 Å². The minimum atomic E-state index is -1.60. The summed E-state index contributed by atoms with van der Waals surface area (Å²) >= 11 is 0. The molecule has 0 heterocycles. The lowest BCUT2D eigenvalue weighted by Crippen LogP contribution is -2.57. The van der Waals surface area contributed by atoms with Gasteiger partial charge >= 0.3 is 5.97 Å². The first-order chi connectivity index (χ1) is 21.4. The van der Waals surface area contributed by atoms with Gasteiger partial charge in [0.2, 0.25) is 23.6 Å². The van der Waals surface area contributed by atoms with Gasteiger partial charge in [-0.05, 0) is 42.5 Å². The van der Waals surface area contributed by atoms with Gasteiger partial charge in [-0.1, -0.05) is 42.5 Å². The van der Waals surface area contributed by atoms with Crippen LogP contribution in [0, 0.1) is 0 Å². The van der Waals surface area contributed by atoms with E-state index in [1.807, 2.05) is 0 Å². The number of nitrogens with two attached hydrogens (primary N) is 3. The smallest absolute Gasteiger partial charge is 0.328 e. The van der Waals surface area contributed by atoms with Crippen LogP contribution in [0.25, 0.3) is 0 Å². The molecule has 0 radical (unpaired) electrons. The first-order valence-corrected chi connectivity index (χ1v) is 14.0. The number of rotatable bonds is 18. The minimum Gasteiger partial charge on any atom is -0.508 e. The molecule has 0 aromatic heterocycles. The Morgan fingerprint density at radius 3 is 1.96 bits per heavy atom. The van der Waals surface area contributed by atoms with Gasteiger partial charge in [0.1, 0.15) is 23.9 Å². The molecule has 2 rings (SSSR count). The van der Waals surface area contributed by atoms with Gasteiger partial charge in [-0.15, -0.1) is 12.4 Å². The molecular weight excluding hydrogens is 624 g/mol. The zero-order valence-corrected chi connectivity index (χ0v) is 25.7. The quantitative estimate of drug-likeness (QED) is 0.0456. The topological polar surface area (TPSA) is 285 Å². The van der Waals surface area contributed by atoms with Crippen molar-refractivity contribution in [2.45, 2.75) is 49.9 Å². The number of aliphatic carboxylic acids is 1. The maximum Gasteiger partial charge on any atom is 0.328 e. The lowest BCUT2D eigenvalue weighted by Gasteiger charge is -2.24. The van der Waals surface area contributed by atoms with Crippen molar-refractivity contribution in [1.82, 2.24) is 21.3 Å². The van der Waals surface area contributed by atoms with E-state index in [1.165, 1.54) is 12.1 Å². The number of aliphatic hydroxyl groups excluding tert-OH is 1. The monoisotopic (exact) mass is 664 g/mol. The van der Waals surface area contributed by atoms with E-state index in [9.17, 15) is 39.3 Å². The lowest BCUT2D eigenvalue weighted by molar-refractivity contribution is -0.143. The van der Waals surface area contributed by atoms with Crippen LogP contribution >= 0.6 is 12.4 Å². The molecule has 0 bridgehead atoms. The molecule has 0 saturated heterocycles. The number of hydrogen-bond acceptors (Lipinski definition) is 9. The van der Waals surface area contributed by atoms with Gasteiger partial charge < -0.3 is 53.8 Å². The predicted octanol–water partition coefficient (Wildman–Crippen LogP) is -2.37. The predicted molar refractivity (Wildman–Crippen MR) is 171 cm³/mol. The van der Waals surface area contributed by atoms with E-state index in [2.05, 4.69) is 26.3 Å². The Bertz CT molecular complexity index is 1330. The molecule has 4 atom stereocenters. The maximum atomic E-state index is 13.4. The summed E-state index contributed by atoms with van der Waals surface area (Å²) in [4.78, 5) is 66.9. The number of aliphatic hydroxyl groups is 1. The molecule has 13 N–H and O–H groups in total. The Balaban J connectivity index is 0.0000106. The van der Waals surface area contributed by atoms with Gasteiger partial charge in [-0.25, -0.2) is 4.79 Å². The number of amides is 4. The number of phenolic OH excluding ortho intramolecular Hbond substituents is 1. The number of aliphatic imine (C=N–C) groups is 1. The first kappa shape index (κ1) is 39.1. The van der Waals surface area contributed by atoms with Crippen LogP contribution in [-0.2, 0) is 36.8 Å². The molecule has 252 valence electrons. The van der Waals surface area contributed by atoms with Crippen LogP contribution in [0.5, 0.6) is 5.75 Å². The van der Waals surface area contributed by atoms with Gasteiger partial charge in [0, 0.05) is 13.0 Å². The highest BCUT2D eigenvalue weighted by Crippen LogP contribution is 2.11. The number of phenols is 1. The third-order valence-electron chi connectivity index (χ3n) is 6.46. The van der Waals surface area contributed by atoms with Crippen LogP contribution in [0.4, 0.5) is 0 Å². The number of halogens is 1. The van der Waals surface area contributed by atoms with Gasteiger partial charge in [0.25, 0.3) is 0 Å². The number of carbonyl (C=O) groups excluding carboxylic acids is 4. The molecule has 2 aromatic carbocycles. The lowest BCUT2D eigenvalue weighted by atomic mass is 10.0. The number of benzene rings is 2. The standard InChI is InChI=1S/C29H40N8O8.ClH/c30-20(13-18-8-10-19(39)11-9-18)25(41)34-15-24(40)35-21(7-4-12-33-29(31)32)26(42)36-22(14-17-5-2-1-3-6-17)27(43)37-23(16-38)28(44)45;/h1-3,5-6,8-11,20-23,38-39H,4,7,12-16,30H2,(H,34,41)(H,35,40)(H,36,42)(H,37,43)(H,44,45)(H4,31,32,33);1H/t20-,21-,22-,23-;/m0./s1. The zero-order chi connectivity index (χ0) is 33.4. The maximum absolute atomic E-state index is 13.4. The normalized spacial score (nSPS) is 13.0. The number of carboxylic acids is 1. The van der Waals surface area contributed by atoms with Crippen LogP contribution in [0.3, 0.4) is 0 Å². The molecule has 17 heteroatoms. The van der Waals surface area contributed by atoms with E-state index in [0.29, 0.717) is 11.1 Å². The van der Waals surface area contributed by atoms with Crippen molar-refractivity contribution in [2.75, 3.05) is 19.7 Å². The highest BCUT2D eigenvalue weighted by molar-refractivity contribution is 5.94. The molecule has 2 aromatic rings. The average Bonchev–Trinajstić information content (AvgIpc) is 3.00. The summed E-state index contributed by atoms with van der Waals surface area (Å²) in [6, 6.07) is 9.66. The fourth-order valence-electron chi connectivity index (χ4n) is 4.08. The Morgan fingerprint density at radius 2 is 1.37 bits per heavy atom. The van der Waals surface area contributed by atoms with E-state index in [4.69, 9.17) is 17.2 Å². The van der Waals surface area contributed by atoms with E-state index in [1.54, 1.807) is 42.5 Å². The average molecular weight is 665 g/mol. The molecule has 0 unspecified atom stereocenters. The van der Waals surface area contributed by atoms with Crippen molar-refractivity contribution in [3.05, 3.63) is 65.7 Å². The fourth-order valence-corrected chi connectivity index (χ4v) is 4.08. The summed E-state index contributed by atoms with van der Waals surface area (Å²) in [6.07, 6.45) is 0.408. The number of carboxylic acid groups (broad SMARTS) is 1. The summed E-state index contributed by atoms with van der Waals surface area (Å²) in [7, 11) is 0. The third-order valence-corrected chi connectivity index (χ3v) is 6.46. The van der Waals surface area contributed by atoms with Crippen LogP contribution in [-0.4, -0.2) is 94.7 Å². The Hall–Kier alpha value is -4.93. The number of nitrogens with one attached hydrogen (secondary N) is 4. The number of guanidine groups is 1. The molecule has 0 aliphatic carbocycles. The first-order valence-electron chi connectivity index (χ1n) is 14.0. The Labute approximate surface area is 271 Å². The highest BCUT2D eigenvalue weighted by Gasteiger charge is 2.29. The minimum absolute atomic E-state index is 0. The van der Waals surface area contributed by atoms with Crippen molar-refractivity contribution >= 4 is 48.0 Å². The molecule has 0 saturated carbocycles.